The highest BCUT2D eigenvalue weighted by Gasteiger charge is 2.30. The Morgan fingerprint density at radius 1 is 1.38 bits per heavy atom. The summed E-state index contributed by atoms with van der Waals surface area (Å²) in [6.07, 6.45) is -0.113. The van der Waals surface area contributed by atoms with Crippen LogP contribution in [0.1, 0.15) is 12.8 Å². The number of halogens is 1. The largest absolute Gasteiger partial charge is 0.481 e. The zero-order chi connectivity index (χ0) is 15.2. The van der Waals surface area contributed by atoms with Crippen molar-refractivity contribution in [3.05, 3.63) is 30.1 Å². The summed E-state index contributed by atoms with van der Waals surface area (Å²) in [6, 6.07) is 5.80. The van der Waals surface area contributed by atoms with Gasteiger partial charge in [0.15, 0.2) is 24.3 Å². The van der Waals surface area contributed by atoms with Gasteiger partial charge in [-0.05, 0) is 25.0 Å². The van der Waals surface area contributed by atoms with E-state index in [4.69, 9.17) is 14.6 Å². The van der Waals surface area contributed by atoms with E-state index >= 15 is 0 Å². The van der Waals surface area contributed by atoms with E-state index in [1.54, 1.807) is 6.07 Å². The highest BCUT2D eigenvalue weighted by molar-refractivity contribution is 5.77. The standard InChI is InChI=1S/C14H16FNO5/c15-10-3-1-2-4-11(10)20-8-13(17)16-7-9-5-6-12(21-9)14(18)19/h1-4,9,12H,5-8H2,(H,16,17)(H,18,19). The van der Waals surface area contributed by atoms with E-state index in [1.165, 1.54) is 18.2 Å². The summed E-state index contributed by atoms with van der Waals surface area (Å²) in [5.74, 6) is -1.93. The van der Waals surface area contributed by atoms with Crippen molar-refractivity contribution in [2.24, 2.45) is 0 Å². The molecule has 0 aromatic heterocycles. The summed E-state index contributed by atoms with van der Waals surface area (Å²) in [5, 5.41) is 11.3. The fourth-order valence-corrected chi connectivity index (χ4v) is 2.02. The van der Waals surface area contributed by atoms with E-state index in [-0.39, 0.29) is 25.0 Å². The van der Waals surface area contributed by atoms with Gasteiger partial charge in [-0.15, -0.1) is 0 Å². The number of carboxylic acids is 1. The van der Waals surface area contributed by atoms with Crippen LogP contribution in [0.15, 0.2) is 24.3 Å². The Bertz CT molecular complexity index is 522. The van der Waals surface area contributed by atoms with E-state index in [0.29, 0.717) is 12.8 Å². The third-order valence-corrected chi connectivity index (χ3v) is 3.11. The first-order chi connectivity index (χ1) is 10.1. The zero-order valence-electron chi connectivity index (χ0n) is 11.3. The Morgan fingerprint density at radius 3 is 2.81 bits per heavy atom. The average molecular weight is 297 g/mol. The predicted molar refractivity (Wildman–Crippen MR) is 70.4 cm³/mol. The van der Waals surface area contributed by atoms with Gasteiger partial charge in [0.25, 0.3) is 5.91 Å². The number of carbonyl (C=O) groups is 2. The smallest absolute Gasteiger partial charge is 0.332 e. The number of hydrogen-bond acceptors (Lipinski definition) is 4. The molecule has 1 aliphatic heterocycles. The van der Waals surface area contributed by atoms with Gasteiger partial charge in [0.2, 0.25) is 0 Å². The van der Waals surface area contributed by atoms with Crippen molar-refractivity contribution in [2.45, 2.75) is 25.0 Å². The van der Waals surface area contributed by atoms with Crippen LogP contribution in [0.3, 0.4) is 0 Å². The molecule has 1 aliphatic rings. The molecule has 1 aromatic carbocycles. The number of hydrogen-bond donors (Lipinski definition) is 2. The SMILES string of the molecule is O=C(COc1ccccc1F)NCC1CCC(C(=O)O)O1. The van der Waals surface area contributed by atoms with Crippen LogP contribution in [0.25, 0.3) is 0 Å². The molecule has 2 rings (SSSR count). The molecule has 6 nitrogen and oxygen atoms in total. The molecule has 2 atom stereocenters. The lowest BCUT2D eigenvalue weighted by molar-refractivity contribution is -0.149. The minimum absolute atomic E-state index is 0.00991. The Labute approximate surface area is 120 Å². The van der Waals surface area contributed by atoms with Gasteiger partial charge < -0.3 is 19.9 Å². The summed E-state index contributed by atoms with van der Waals surface area (Å²) >= 11 is 0. The molecule has 0 radical (unpaired) electrons. The van der Waals surface area contributed by atoms with E-state index in [2.05, 4.69) is 5.32 Å². The number of ether oxygens (including phenoxy) is 2. The number of rotatable bonds is 6. The van der Waals surface area contributed by atoms with E-state index < -0.39 is 23.8 Å². The van der Waals surface area contributed by atoms with Crippen molar-refractivity contribution in [2.75, 3.05) is 13.2 Å². The number of aliphatic carboxylic acids is 1. The quantitative estimate of drug-likeness (QED) is 0.816. The number of benzene rings is 1. The van der Waals surface area contributed by atoms with Gasteiger partial charge in [0.05, 0.1) is 6.10 Å². The van der Waals surface area contributed by atoms with Gasteiger partial charge in [0, 0.05) is 6.54 Å². The minimum Gasteiger partial charge on any atom is -0.481 e. The molecule has 0 aliphatic carbocycles. The van der Waals surface area contributed by atoms with Crippen LogP contribution in [-0.4, -0.2) is 42.3 Å². The molecule has 0 spiro atoms. The van der Waals surface area contributed by atoms with Crippen molar-refractivity contribution in [1.29, 1.82) is 0 Å². The van der Waals surface area contributed by atoms with Crippen LogP contribution < -0.4 is 10.1 Å². The summed E-state index contributed by atoms with van der Waals surface area (Å²) in [4.78, 5) is 22.3. The lowest BCUT2D eigenvalue weighted by atomic mass is 10.2. The van der Waals surface area contributed by atoms with Gasteiger partial charge in [-0.2, -0.15) is 0 Å². The molecular weight excluding hydrogens is 281 g/mol. The molecule has 7 heteroatoms. The molecule has 21 heavy (non-hydrogen) atoms. The van der Waals surface area contributed by atoms with Crippen molar-refractivity contribution >= 4 is 11.9 Å². The average Bonchev–Trinajstić information content (AvgIpc) is 2.93. The summed E-state index contributed by atoms with van der Waals surface area (Å²) < 4.78 is 23.5. The molecule has 1 heterocycles. The van der Waals surface area contributed by atoms with Gasteiger partial charge in [0.1, 0.15) is 0 Å². The van der Waals surface area contributed by atoms with E-state index in [1.807, 2.05) is 0 Å². The lowest BCUT2D eigenvalue weighted by Crippen LogP contribution is -2.36. The molecule has 1 amide bonds. The molecule has 2 N–H and O–H groups in total. The number of carboxylic acid groups (broad SMARTS) is 1. The van der Waals surface area contributed by atoms with Crippen LogP contribution >= 0.6 is 0 Å². The van der Waals surface area contributed by atoms with Crippen molar-refractivity contribution in [3.63, 3.8) is 0 Å². The lowest BCUT2D eigenvalue weighted by Gasteiger charge is -2.12. The molecule has 0 bridgehead atoms. The first-order valence-corrected chi connectivity index (χ1v) is 6.58. The highest BCUT2D eigenvalue weighted by atomic mass is 19.1. The molecule has 0 saturated carbocycles. The van der Waals surface area contributed by atoms with Crippen molar-refractivity contribution in [1.82, 2.24) is 5.32 Å². The first-order valence-electron chi connectivity index (χ1n) is 6.58. The Balaban J connectivity index is 1.69. The minimum atomic E-state index is -0.994. The molecule has 1 aromatic rings. The summed E-state index contributed by atoms with van der Waals surface area (Å²) in [7, 11) is 0. The Morgan fingerprint density at radius 2 is 2.14 bits per heavy atom. The number of carbonyl (C=O) groups excluding carboxylic acids is 1. The maximum Gasteiger partial charge on any atom is 0.332 e. The normalized spacial score (nSPS) is 21.0. The van der Waals surface area contributed by atoms with Crippen molar-refractivity contribution < 1.29 is 28.6 Å². The third-order valence-electron chi connectivity index (χ3n) is 3.11. The van der Waals surface area contributed by atoms with Gasteiger partial charge in [-0.1, -0.05) is 12.1 Å². The Hall–Kier alpha value is -2.15. The van der Waals surface area contributed by atoms with Crippen LogP contribution in [0.4, 0.5) is 4.39 Å². The van der Waals surface area contributed by atoms with Crippen LogP contribution in [0.5, 0.6) is 5.75 Å². The summed E-state index contributed by atoms with van der Waals surface area (Å²) in [5.41, 5.74) is 0. The fraction of sp³-hybridized carbons (Fsp3) is 0.429. The molecule has 2 unspecified atom stereocenters. The molecule has 1 saturated heterocycles. The van der Waals surface area contributed by atoms with Gasteiger partial charge in [-0.25, -0.2) is 9.18 Å². The summed E-state index contributed by atoms with van der Waals surface area (Å²) in [6.45, 7) is -0.0980. The second kappa shape index (κ2) is 7.03. The third kappa shape index (κ3) is 4.42. The maximum atomic E-state index is 13.3. The van der Waals surface area contributed by atoms with E-state index in [9.17, 15) is 14.0 Å². The van der Waals surface area contributed by atoms with Crippen molar-refractivity contribution in [3.8, 4) is 5.75 Å². The number of amides is 1. The highest BCUT2D eigenvalue weighted by Crippen LogP contribution is 2.19. The second-order valence-corrected chi connectivity index (χ2v) is 4.69. The van der Waals surface area contributed by atoms with E-state index in [0.717, 1.165) is 0 Å². The zero-order valence-corrected chi connectivity index (χ0v) is 11.3. The topological polar surface area (TPSA) is 84.9 Å². The van der Waals surface area contributed by atoms with Gasteiger partial charge in [-0.3, -0.25) is 4.79 Å². The van der Waals surface area contributed by atoms with Crippen LogP contribution in [0.2, 0.25) is 0 Å². The molecule has 114 valence electrons. The second-order valence-electron chi connectivity index (χ2n) is 4.69. The van der Waals surface area contributed by atoms with Crippen LogP contribution in [-0.2, 0) is 14.3 Å². The Kier molecular flexibility index (Phi) is 5.10. The van der Waals surface area contributed by atoms with Gasteiger partial charge >= 0.3 is 5.97 Å². The fourth-order valence-electron chi connectivity index (χ4n) is 2.02. The molecule has 1 fully saturated rings. The monoisotopic (exact) mass is 297 g/mol. The van der Waals surface area contributed by atoms with Crippen LogP contribution in [0, 0.1) is 5.82 Å². The first kappa shape index (κ1) is 15.2. The predicted octanol–water partition coefficient (Wildman–Crippen LogP) is 0.953. The number of para-hydroxylation sites is 1. The maximum absolute atomic E-state index is 13.3. The number of nitrogens with one attached hydrogen (secondary N) is 1. The molecular formula is C14H16FNO5.